The Morgan fingerprint density at radius 2 is 1.07 bits per heavy atom. The van der Waals surface area contributed by atoms with Gasteiger partial charge in [0, 0.05) is 6.07 Å². The molecule has 1 radical (unpaired) electrons. The zero-order chi connectivity index (χ0) is 11.3. The Morgan fingerprint density at radius 3 is 1.33 bits per heavy atom. The van der Waals surface area contributed by atoms with Crippen molar-refractivity contribution in [3.63, 3.8) is 0 Å². The Bertz CT molecular complexity index is 299. The molecule has 2 nitrogen and oxygen atoms in total. The second kappa shape index (κ2) is 7.49. The highest BCUT2D eigenvalue weighted by Gasteiger charge is 2.18. The second-order valence-corrected chi connectivity index (χ2v) is 1.90. The summed E-state index contributed by atoms with van der Waals surface area (Å²) in [6.07, 6.45) is 0. The number of rotatable bonds is 0. The van der Waals surface area contributed by atoms with Crippen molar-refractivity contribution < 1.29 is 32.0 Å². The maximum absolute atomic E-state index is 12.0. The zero-order valence-electron chi connectivity index (χ0n) is 6.94. The van der Waals surface area contributed by atoms with Crippen LogP contribution in [0.15, 0.2) is 6.07 Å². The van der Waals surface area contributed by atoms with Crippen LogP contribution in [0.2, 0.25) is 0 Å². The standard InChI is InChI=1S/C6HF5.BH2O2.H2S/c7-2-1-3(8)5(10)6(11)4(2)9;2-1-3;/h1H;2-3H;1H2. The van der Waals surface area contributed by atoms with Crippen molar-refractivity contribution in [1.29, 1.82) is 0 Å². The molecule has 0 unspecified atom stereocenters. The van der Waals surface area contributed by atoms with Gasteiger partial charge in [0.15, 0.2) is 23.3 Å². The van der Waals surface area contributed by atoms with E-state index in [1.807, 2.05) is 0 Å². The van der Waals surface area contributed by atoms with Gasteiger partial charge < -0.3 is 10.0 Å². The summed E-state index contributed by atoms with van der Waals surface area (Å²) in [6.45, 7) is 0. The molecule has 0 aliphatic heterocycles. The maximum Gasteiger partial charge on any atom is 0.482 e. The lowest BCUT2D eigenvalue weighted by molar-refractivity contribution is 0.378. The molecule has 0 amide bonds. The highest BCUT2D eigenvalue weighted by molar-refractivity contribution is 7.59. The molecule has 0 fully saturated rings. The molecule has 0 saturated carbocycles. The van der Waals surface area contributed by atoms with E-state index in [1.165, 1.54) is 0 Å². The van der Waals surface area contributed by atoms with Crippen molar-refractivity contribution in [2.45, 2.75) is 0 Å². The summed E-state index contributed by atoms with van der Waals surface area (Å²) < 4.78 is 60.0. The van der Waals surface area contributed by atoms with Crippen LogP contribution in [-0.4, -0.2) is 17.7 Å². The number of benzene rings is 1. The van der Waals surface area contributed by atoms with Crippen molar-refractivity contribution in [2.75, 3.05) is 0 Å². The van der Waals surface area contributed by atoms with Crippen molar-refractivity contribution in [1.82, 2.24) is 0 Å². The van der Waals surface area contributed by atoms with E-state index in [-0.39, 0.29) is 27.2 Å². The maximum atomic E-state index is 12.0. The minimum atomic E-state index is -2.14. The van der Waals surface area contributed by atoms with Gasteiger partial charge in [0.2, 0.25) is 5.82 Å². The number of hydrogen-bond donors (Lipinski definition) is 2. The van der Waals surface area contributed by atoms with Crippen LogP contribution < -0.4 is 0 Å². The first-order valence-corrected chi connectivity index (χ1v) is 3.04. The molecule has 0 saturated heterocycles. The summed E-state index contributed by atoms with van der Waals surface area (Å²) in [7, 11) is 0. The summed E-state index contributed by atoms with van der Waals surface area (Å²) in [6, 6.07) is -0.0618. The van der Waals surface area contributed by atoms with Gasteiger partial charge in [0.1, 0.15) is 0 Å². The van der Waals surface area contributed by atoms with Crippen LogP contribution in [0.1, 0.15) is 0 Å². The van der Waals surface area contributed by atoms with Crippen LogP contribution in [0.5, 0.6) is 0 Å². The smallest absolute Gasteiger partial charge is 0.429 e. The van der Waals surface area contributed by atoms with E-state index < -0.39 is 29.1 Å². The van der Waals surface area contributed by atoms with Crippen molar-refractivity contribution in [3.8, 4) is 0 Å². The molecule has 0 atom stereocenters. The Kier molecular flexibility index (Phi) is 8.30. The molecule has 1 aromatic carbocycles. The molecule has 0 aliphatic rings. The Hall–Kier alpha value is -0.795. The fourth-order valence-corrected chi connectivity index (χ4v) is 0.544. The molecular weight excluding hydrogens is 242 g/mol. The van der Waals surface area contributed by atoms with Gasteiger partial charge in [0.05, 0.1) is 0 Å². The van der Waals surface area contributed by atoms with E-state index in [4.69, 9.17) is 10.0 Å². The first kappa shape index (κ1) is 16.6. The van der Waals surface area contributed by atoms with Crippen LogP contribution in [-0.2, 0) is 0 Å². The molecular formula is C6H5BF5O2S. The summed E-state index contributed by atoms with van der Waals surface area (Å²) >= 11 is 0. The minimum absolute atomic E-state index is 0. The molecule has 2 N–H and O–H groups in total. The van der Waals surface area contributed by atoms with E-state index >= 15 is 0 Å². The SMILES string of the molecule is Fc1cc(F)c(F)c(F)c1F.O[B]O.S. The van der Waals surface area contributed by atoms with Gasteiger partial charge in [-0.3, -0.25) is 0 Å². The molecule has 1 rings (SSSR count). The Morgan fingerprint density at radius 1 is 0.800 bits per heavy atom. The van der Waals surface area contributed by atoms with Crippen LogP contribution in [0, 0.1) is 29.1 Å². The third-order valence-corrected chi connectivity index (χ3v) is 1.06. The van der Waals surface area contributed by atoms with E-state index in [0.29, 0.717) is 0 Å². The van der Waals surface area contributed by atoms with Crippen molar-refractivity contribution >= 4 is 21.2 Å². The second-order valence-electron chi connectivity index (χ2n) is 1.90. The molecule has 0 aromatic heterocycles. The lowest BCUT2D eigenvalue weighted by Gasteiger charge is -1.96. The largest absolute Gasteiger partial charge is 0.482 e. The first-order valence-electron chi connectivity index (χ1n) is 3.04. The lowest BCUT2D eigenvalue weighted by atomic mass is 10.3. The van der Waals surface area contributed by atoms with Gasteiger partial charge in [0.25, 0.3) is 0 Å². The predicted octanol–water partition coefficient (Wildman–Crippen LogP) is 1.00. The number of hydrogen-bond acceptors (Lipinski definition) is 2. The quantitative estimate of drug-likeness (QED) is 0.311. The lowest BCUT2D eigenvalue weighted by Crippen LogP contribution is -1.98. The Balaban J connectivity index is 0. The minimum Gasteiger partial charge on any atom is -0.429 e. The molecule has 15 heavy (non-hydrogen) atoms. The fourth-order valence-electron chi connectivity index (χ4n) is 0.544. The van der Waals surface area contributed by atoms with Crippen LogP contribution in [0.3, 0.4) is 0 Å². The summed E-state index contributed by atoms with van der Waals surface area (Å²) in [5, 5.41) is 14.0. The average Bonchev–Trinajstić information content (AvgIpc) is 2.13. The van der Waals surface area contributed by atoms with Gasteiger partial charge >= 0.3 is 7.69 Å². The van der Waals surface area contributed by atoms with E-state index in [0.717, 1.165) is 0 Å². The molecule has 0 spiro atoms. The van der Waals surface area contributed by atoms with E-state index in [1.54, 1.807) is 0 Å². The van der Waals surface area contributed by atoms with Crippen LogP contribution in [0.4, 0.5) is 22.0 Å². The predicted molar refractivity (Wildman–Crippen MR) is 46.8 cm³/mol. The van der Waals surface area contributed by atoms with Gasteiger partial charge in [-0.05, 0) is 0 Å². The third-order valence-electron chi connectivity index (χ3n) is 1.06. The summed E-state index contributed by atoms with van der Waals surface area (Å²) in [5.74, 6) is -9.65. The van der Waals surface area contributed by atoms with Gasteiger partial charge in [-0.2, -0.15) is 13.5 Å². The number of halogens is 5. The average molecular weight is 247 g/mol. The van der Waals surface area contributed by atoms with Gasteiger partial charge in [-0.15, -0.1) is 0 Å². The van der Waals surface area contributed by atoms with Crippen molar-refractivity contribution in [2.24, 2.45) is 0 Å². The highest BCUT2D eigenvalue weighted by atomic mass is 32.1. The zero-order valence-corrected chi connectivity index (χ0v) is 7.94. The molecule has 85 valence electrons. The third kappa shape index (κ3) is 4.49. The van der Waals surface area contributed by atoms with Crippen LogP contribution in [0.25, 0.3) is 0 Å². The highest BCUT2D eigenvalue weighted by Crippen LogP contribution is 2.16. The monoisotopic (exact) mass is 247 g/mol. The van der Waals surface area contributed by atoms with E-state index in [2.05, 4.69) is 0 Å². The summed E-state index contributed by atoms with van der Waals surface area (Å²) in [5.41, 5.74) is 0. The van der Waals surface area contributed by atoms with Gasteiger partial charge in [-0.1, -0.05) is 0 Å². The summed E-state index contributed by atoms with van der Waals surface area (Å²) in [4.78, 5) is 0. The normalized spacial score (nSPS) is 8.47. The fraction of sp³-hybridized carbons (Fsp3) is 0. The van der Waals surface area contributed by atoms with E-state index in [9.17, 15) is 22.0 Å². The topological polar surface area (TPSA) is 40.5 Å². The molecule has 1 aromatic rings. The van der Waals surface area contributed by atoms with Gasteiger partial charge in [-0.25, -0.2) is 22.0 Å². The molecule has 9 heteroatoms. The molecule has 0 heterocycles. The Labute approximate surface area is 89.1 Å². The first-order chi connectivity index (χ1) is 6.45. The molecule has 0 bridgehead atoms. The molecule has 0 aliphatic carbocycles. The van der Waals surface area contributed by atoms with Crippen molar-refractivity contribution in [3.05, 3.63) is 35.2 Å². The van der Waals surface area contributed by atoms with Crippen LogP contribution >= 0.6 is 13.5 Å².